The highest BCUT2D eigenvalue weighted by molar-refractivity contribution is 5.94. The lowest BCUT2D eigenvalue weighted by atomic mass is 9.93. The Morgan fingerprint density at radius 3 is 2.73 bits per heavy atom. The van der Waals surface area contributed by atoms with Crippen molar-refractivity contribution in [2.24, 2.45) is 0 Å². The second-order valence-electron chi connectivity index (χ2n) is 7.36. The summed E-state index contributed by atoms with van der Waals surface area (Å²) in [7, 11) is 0. The number of rotatable bonds is 4. The van der Waals surface area contributed by atoms with Crippen LogP contribution >= 0.6 is 0 Å². The lowest BCUT2D eigenvalue weighted by Gasteiger charge is -2.23. The molecule has 0 saturated heterocycles. The Bertz CT molecular complexity index is 738. The van der Waals surface area contributed by atoms with Gasteiger partial charge in [-0.25, -0.2) is 9.18 Å². The predicted octanol–water partition coefficient (Wildman–Crippen LogP) is 3.29. The minimum Gasteiger partial charge on any atom is -0.444 e. The van der Waals surface area contributed by atoms with Crippen LogP contribution in [0.15, 0.2) is 24.0 Å². The monoisotopic (exact) mass is 364 g/mol. The number of hydrogen-bond donors (Lipinski definition) is 3. The van der Waals surface area contributed by atoms with Crippen LogP contribution in [0.5, 0.6) is 0 Å². The van der Waals surface area contributed by atoms with Gasteiger partial charge in [0.1, 0.15) is 11.7 Å². The van der Waals surface area contributed by atoms with E-state index in [1.54, 1.807) is 32.9 Å². The lowest BCUT2D eigenvalue weighted by Crippen LogP contribution is -2.34. The number of alkyl carbamates (subject to hydrolysis) is 1. The summed E-state index contributed by atoms with van der Waals surface area (Å²) in [5.41, 5.74) is 2.29. The van der Waals surface area contributed by atoms with Crippen molar-refractivity contribution in [2.75, 3.05) is 11.9 Å². The zero-order valence-electron chi connectivity index (χ0n) is 15.5. The number of hydrogen-bond acceptors (Lipinski definition) is 4. The summed E-state index contributed by atoms with van der Waals surface area (Å²) < 4.78 is 18.4. The van der Waals surface area contributed by atoms with Gasteiger partial charge in [-0.05, 0) is 50.8 Å². The van der Waals surface area contributed by atoms with Crippen LogP contribution in [0.1, 0.15) is 50.0 Å². The minimum absolute atomic E-state index is 0.00931. The highest BCUT2D eigenvalue weighted by atomic mass is 19.1. The Kier molecular flexibility index (Phi) is 6.02. The molecule has 0 radical (unpaired) electrons. The van der Waals surface area contributed by atoms with E-state index in [0.717, 1.165) is 16.8 Å². The number of ether oxygens (including phenoxy) is 1. The van der Waals surface area contributed by atoms with Crippen LogP contribution in [0.2, 0.25) is 0 Å². The van der Waals surface area contributed by atoms with Crippen LogP contribution in [0, 0.1) is 6.92 Å². The van der Waals surface area contributed by atoms with Gasteiger partial charge in [0.15, 0.2) is 0 Å². The molecule has 26 heavy (non-hydrogen) atoms. The van der Waals surface area contributed by atoms with Crippen molar-refractivity contribution in [3.63, 3.8) is 0 Å². The van der Waals surface area contributed by atoms with Crippen LogP contribution < -0.4 is 10.6 Å². The van der Waals surface area contributed by atoms with Gasteiger partial charge in [0.2, 0.25) is 5.91 Å². The van der Waals surface area contributed by atoms with Gasteiger partial charge in [0.05, 0.1) is 6.33 Å². The maximum atomic E-state index is 13.3. The first-order valence-electron chi connectivity index (χ1n) is 8.48. The number of nitrogens with one attached hydrogen (secondary N) is 2. The average Bonchev–Trinajstić information content (AvgIpc) is 2.54. The van der Waals surface area contributed by atoms with Crippen molar-refractivity contribution in [3.8, 4) is 0 Å². The fourth-order valence-corrected chi connectivity index (χ4v) is 2.77. The third-order valence-corrected chi connectivity index (χ3v) is 3.97. The van der Waals surface area contributed by atoms with Crippen molar-refractivity contribution in [3.05, 3.63) is 40.7 Å². The zero-order chi connectivity index (χ0) is 19.5. The number of fused-ring (bicyclic) bond motifs is 1. The highest BCUT2D eigenvalue weighted by Crippen LogP contribution is 2.32. The number of anilines is 1. The molecular formula is C19H25FN2O4. The van der Waals surface area contributed by atoms with Gasteiger partial charge in [-0.1, -0.05) is 12.1 Å². The van der Waals surface area contributed by atoms with E-state index in [1.807, 2.05) is 6.92 Å². The summed E-state index contributed by atoms with van der Waals surface area (Å²) in [4.78, 5) is 23.2. The SMILES string of the molecule is Cc1cc(C(O)/C(=C/F)CNC(=O)OC(C)(C)C)cc2c1NC(=O)CC2. The summed E-state index contributed by atoms with van der Waals surface area (Å²) in [6.07, 6.45) is -0.672. The third-order valence-electron chi connectivity index (χ3n) is 3.97. The van der Waals surface area contributed by atoms with Crippen molar-refractivity contribution in [1.29, 1.82) is 0 Å². The van der Waals surface area contributed by atoms with E-state index >= 15 is 0 Å². The van der Waals surface area contributed by atoms with Crippen LogP contribution in [-0.4, -0.2) is 29.3 Å². The maximum absolute atomic E-state index is 13.3. The first-order chi connectivity index (χ1) is 12.1. The molecule has 1 aliphatic rings. The van der Waals surface area contributed by atoms with Crippen molar-refractivity contribution >= 4 is 17.7 Å². The first-order valence-corrected chi connectivity index (χ1v) is 8.48. The molecular weight excluding hydrogens is 339 g/mol. The number of carbonyl (C=O) groups excluding carboxylic acids is 2. The van der Waals surface area contributed by atoms with Crippen LogP contribution in [0.4, 0.5) is 14.9 Å². The molecule has 1 aliphatic heterocycles. The standard InChI is InChI=1S/C19H25FN2O4/c1-11-7-13(8-12-5-6-15(23)22-16(11)12)17(24)14(9-20)10-21-18(25)26-19(2,3)4/h7-9,17,24H,5-6,10H2,1-4H3,(H,21,25)(H,22,23)/b14-9+. The zero-order valence-corrected chi connectivity index (χ0v) is 15.5. The van der Waals surface area contributed by atoms with Gasteiger partial charge in [-0.15, -0.1) is 0 Å². The molecule has 0 aliphatic carbocycles. The molecule has 1 atom stereocenters. The fraction of sp³-hybridized carbons (Fsp3) is 0.474. The fourth-order valence-electron chi connectivity index (χ4n) is 2.77. The van der Waals surface area contributed by atoms with Crippen molar-refractivity contribution in [1.82, 2.24) is 5.32 Å². The molecule has 6 nitrogen and oxygen atoms in total. The molecule has 1 unspecified atom stereocenters. The Morgan fingerprint density at radius 2 is 2.12 bits per heavy atom. The lowest BCUT2D eigenvalue weighted by molar-refractivity contribution is -0.116. The molecule has 3 N–H and O–H groups in total. The summed E-state index contributed by atoms with van der Waals surface area (Å²) in [5.74, 6) is -0.0418. The van der Waals surface area contributed by atoms with E-state index in [-0.39, 0.29) is 18.0 Å². The van der Waals surface area contributed by atoms with Crippen LogP contribution in [0.3, 0.4) is 0 Å². The third kappa shape index (κ3) is 5.05. The van der Waals surface area contributed by atoms with Gasteiger partial charge in [-0.2, -0.15) is 0 Å². The Hall–Kier alpha value is -2.41. The van der Waals surface area contributed by atoms with Gasteiger partial charge >= 0.3 is 6.09 Å². The molecule has 2 amide bonds. The molecule has 2 rings (SSSR count). The molecule has 1 heterocycles. The van der Waals surface area contributed by atoms with E-state index in [4.69, 9.17) is 4.74 Å². The first kappa shape index (κ1) is 19.9. The van der Waals surface area contributed by atoms with E-state index < -0.39 is 17.8 Å². The molecule has 0 saturated carbocycles. The number of aliphatic hydroxyl groups excluding tert-OH is 1. The number of halogens is 1. The number of aryl methyl sites for hydroxylation is 2. The van der Waals surface area contributed by atoms with E-state index in [1.165, 1.54) is 0 Å². The largest absolute Gasteiger partial charge is 0.444 e. The molecule has 0 spiro atoms. The van der Waals surface area contributed by atoms with Crippen LogP contribution in [0.25, 0.3) is 0 Å². The highest BCUT2D eigenvalue weighted by Gasteiger charge is 2.22. The van der Waals surface area contributed by atoms with Gasteiger partial charge in [-0.3, -0.25) is 4.79 Å². The number of amides is 2. The smallest absolute Gasteiger partial charge is 0.407 e. The van der Waals surface area contributed by atoms with Crippen molar-refractivity contribution in [2.45, 2.75) is 52.2 Å². The summed E-state index contributed by atoms with van der Waals surface area (Å²) in [5, 5.41) is 15.8. The van der Waals surface area contributed by atoms with Gasteiger partial charge in [0.25, 0.3) is 0 Å². The average molecular weight is 364 g/mol. The van der Waals surface area contributed by atoms with Crippen molar-refractivity contribution < 1.29 is 23.8 Å². The van der Waals surface area contributed by atoms with E-state index in [2.05, 4.69) is 10.6 Å². The van der Waals surface area contributed by atoms with E-state index in [0.29, 0.717) is 24.7 Å². The topological polar surface area (TPSA) is 87.7 Å². The molecule has 142 valence electrons. The maximum Gasteiger partial charge on any atom is 0.407 e. The second kappa shape index (κ2) is 7.86. The normalized spacial score (nSPS) is 15.8. The van der Waals surface area contributed by atoms with Crippen LogP contribution in [-0.2, 0) is 16.0 Å². The quantitative estimate of drug-likeness (QED) is 0.765. The predicted molar refractivity (Wildman–Crippen MR) is 96.5 cm³/mol. The number of benzene rings is 1. The summed E-state index contributed by atoms with van der Waals surface area (Å²) in [6.45, 7) is 6.81. The number of aliphatic hydroxyl groups is 1. The van der Waals surface area contributed by atoms with Gasteiger partial charge in [0, 0.05) is 24.2 Å². The molecule has 0 bridgehead atoms. The van der Waals surface area contributed by atoms with E-state index in [9.17, 15) is 19.1 Å². The second-order valence-corrected chi connectivity index (χ2v) is 7.36. The molecule has 0 aromatic heterocycles. The Morgan fingerprint density at radius 1 is 1.42 bits per heavy atom. The molecule has 1 aromatic carbocycles. The number of carbonyl (C=O) groups is 2. The summed E-state index contributed by atoms with van der Waals surface area (Å²) in [6, 6.07) is 3.45. The Balaban J connectivity index is 2.11. The summed E-state index contributed by atoms with van der Waals surface area (Å²) >= 11 is 0. The molecule has 0 fully saturated rings. The molecule has 7 heteroatoms. The Labute approximate surface area is 152 Å². The van der Waals surface area contributed by atoms with Gasteiger partial charge < -0.3 is 20.5 Å². The minimum atomic E-state index is -1.21. The molecule has 1 aromatic rings.